The van der Waals surface area contributed by atoms with Crippen molar-refractivity contribution >= 4 is 11.9 Å². The summed E-state index contributed by atoms with van der Waals surface area (Å²) in [7, 11) is 1.40. The molecule has 1 aliphatic carbocycles. The third kappa shape index (κ3) is 4.06. The summed E-state index contributed by atoms with van der Waals surface area (Å²) in [6.45, 7) is 0. The molecule has 2 heterocycles. The van der Waals surface area contributed by atoms with Crippen molar-refractivity contribution in [1.29, 1.82) is 0 Å². The van der Waals surface area contributed by atoms with Crippen LogP contribution in [-0.4, -0.2) is 39.0 Å². The molecule has 2 aromatic heterocycles. The molecule has 1 saturated carbocycles. The SMILES string of the molecule is COc1ccc(F)c(-c2nc(N)nc(NC3CCC(F)(F)CC3)n2)n1. The van der Waals surface area contributed by atoms with Crippen molar-refractivity contribution in [2.45, 2.75) is 37.6 Å². The van der Waals surface area contributed by atoms with Crippen LogP contribution in [0.1, 0.15) is 25.7 Å². The van der Waals surface area contributed by atoms with Crippen molar-refractivity contribution in [2.75, 3.05) is 18.2 Å². The van der Waals surface area contributed by atoms with E-state index in [2.05, 4.69) is 25.3 Å². The number of nitrogens with one attached hydrogen (secondary N) is 1. The van der Waals surface area contributed by atoms with Gasteiger partial charge in [-0.25, -0.2) is 18.2 Å². The molecule has 2 aromatic rings. The van der Waals surface area contributed by atoms with E-state index in [-0.39, 0.29) is 61.0 Å². The molecule has 0 saturated heterocycles. The second-order valence-electron chi connectivity index (χ2n) is 5.80. The highest BCUT2D eigenvalue weighted by Crippen LogP contribution is 2.34. The van der Waals surface area contributed by atoms with Gasteiger partial charge in [0.05, 0.1) is 7.11 Å². The minimum Gasteiger partial charge on any atom is -0.481 e. The number of ether oxygens (including phenoxy) is 1. The number of nitrogen functional groups attached to an aromatic ring is 1. The number of nitrogens with zero attached hydrogens (tertiary/aromatic N) is 4. The molecule has 0 bridgehead atoms. The summed E-state index contributed by atoms with van der Waals surface area (Å²) in [6.07, 6.45) is 0.147. The number of rotatable bonds is 4. The fourth-order valence-corrected chi connectivity index (χ4v) is 2.62. The monoisotopic (exact) mass is 354 g/mol. The lowest BCUT2D eigenvalue weighted by Crippen LogP contribution is -2.32. The van der Waals surface area contributed by atoms with E-state index in [1.807, 2.05) is 0 Å². The maximum atomic E-state index is 14.0. The summed E-state index contributed by atoms with van der Waals surface area (Å²) in [5.74, 6) is -3.17. The number of nitrogens with two attached hydrogens (primary N) is 1. The van der Waals surface area contributed by atoms with E-state index in [9.17, 15) is 13.2 Å². The lowest BCUT2D eigenvalue weighted by atomic mass is 9.92. The van der Waals surface area contributed by atoms with Crippen LogP contribution < -0.4 is 15.8 Å². The number of aromatic nitrogens is 4. The summed E-state index contributed by atoms with van der Waals surface area (Å²) in [5, 5.41) is 2.96. The summed E-state index contributed by atoms with van der Waals surface area (Å²) in [6, 6.07) is 2.33. The normalized spacial score (nSPS) is 17.3. The van der Waals surface area contributed by atoms with Gasteiger partial charge in [0, 0.05) is 24.9 Å². The van der Waals surface area contributed by atoms with E-state index in [0.717, 1.165) is 0 Å². The molecule has 1 aliphatic rings. The van der Waals surface area contributed by atoms with Gasteiger partial charge in [-0.05, 0) is 18.9 Å². The minimum absolute atomic E-state index is 0.0625. The number of methoxy groups -OCH3 is 1. The Balaban J connectivity index is 1.84. The molecule has 0 amide bonds. The van der Waals surface area contributed by atoms with E-state index in [4.69, 9.17) is 10.5 Å². The number of alkyl halides is 2. The molecule has 134 valence electrons. The molecule has 0 aromatic carbocycles. The lowest BCUT2D eigenvalue weighted by molar-refractivity contribution is -0.0361. The number of pyridine rings is 1. The third-order valence-corrected chi connectivity index (χ3v) is 3.94. The van der Waals surface area contributed by atoms with Gasteiger partial charge >= 0.3 is 0 Å². The number of hydrogen-bond donors (Lipinski definition) is 2. The van der Waals surface area contributed by atoms with Crippen LogP contribution in [0.5, 0.6) is 5.88 Å². The van der Waals surface area contributed by atoms with E-state index >= 15 is 0 Å². The second-order valence-corrected chi connectivity index (χ2v) is 5.80. The van der Waals surface area contributed by atoms with Gasteiger partial charge < -0.3 is 15.8 Å². The number of halogens is 3. The lowest BCUT2D eigenvalue weighted by Gasteiger charge is -2.28. The summed E-state index contributed by atoms with van der Waals surface area (Å²) >= 11 is 0. The molecular weight excluding hydrogens is 337 g/mol. The van der Waals surface area contributed by atoms with Crippen LogP contribution in [0.3, 0.4) is 0 Å². The molecule has 10 heteroatoms. The van der Waals surface area contributed by atoms with Crippen LogP contribution >= 0.6 is 0 Å². The molecule has 1 fully saturated rings. The summed E-state index contributed by atoms with van der Waals surface area (Å²) in [5.41, 5.74) is 5.53. The molecule has 0 radical (unpaired) electrons. The molecule has 0 spiro atoms. The van der Waals surface area contributed by atoms with Crippen LogP contribution in [0.15, 0.2) is 12.1 Å². The topological polar surface area (TPSA) is 98.8 Å². The third-order valence-electron chi connectivity index (χ3n) is 3.94. The molecule has 3 N–H and O–H groups in total. The molecule has 0 atom stereocenters. The smallest absolute Gasteiger partial charge is 0.248 e. The van der Waals surface area contributed by atoms with Gasteiger partial charge in [0.1, 0.15) is 5.69 Å². The van der Waals surface area contributed by atoms with Gasteiger partial charge in [0.25, 0.3) is 0 Å². The van der Waals surface area contributed by atoms with Crippen molar-refractivity contribution in [2.24, 2.45) is 0 Å². The highest BCUT2D eigenvalue weighted by molar-refractivity contribution is 5.54. The predicted molar refractivity (Wildman–Crippen MR) is 84.8 cm³/mol. The van der Waals surface area contributed by atoms with Crippen LogP contribution in [0.2, 0.25) is 0 Å². The van der Waals surface area contributed by atoms with Crippen molar-refractivity contribution in [3.8, 4) is 17.4 Å². The number of hydrogen-bond acceptors (Lipinski definition) is 7. The highest BCUT2D eigenvalue weighted by Gasteiger charge is 2.35. The van der Waals surface area contributed by atoms with Crippen molar-refractivity contribution in [3.63, 3.8) is 0 Å². The van der Waals surface area contributed by atoms with Crippen molar-refractivity contribution in [3.05, 3.63) is 17.9 Å². The summed E-state index contributed by atoms with van der Waals surface area (Å²) in [4.78, 5) is 15.9. The largest absolute Gasteiger partial charge is 0.481 e. The standard InChI is InChI=1S/C15H17F3N6O/c1-25-10-3-2-9(16)11(21-10)12-22-13(19)24-14(23-12)20-8-4-6-15(17,18)7-5-8/h2-3,8H,4-7H2,1H3,(H3,19,20,22,23,24). The summed E-state index contributed by atoms with van der Waals surface area (Å²) < 4.78 is 45.5. The molecule has 3 rings (SSSR count). The second kappa shape index (κ2) is 6.69. The Hall–Kier alpha value is -2.65. The van der Waals surface area contributed by atoms with Gasteiger partial charge in [-0.1, -0.05) is 0 Å². The van der Waals surface area contributed by atoms with Gasteiger partial charge in [0.2, 0.25) is 23.7 Å². The highest BCUT2D eigenvalue weighted by atomic mass is 19.3. The zero-order chi connectivity index (χ0) is 18.0. The molecule has 7 nitrogen and oxygen atoms in total. The Morgan fingerprint density at radius 2 is 1.88 bits per heavy atom. The first-order valence-electron chi connectivity index (χ1n) is 7.73. The Kier molecular flexibility index (Phi) is 4.60. The maximum absolute atomic E-state index is 14.0. The average Bonchev–Trinajstić information content (AvgIpc) is 2.57. The first-order chi connectivity index (χ1) is 11.9. The molecular formula is C15H17F3N6O. The van der Waals surface area contributed by atoms with E-state index in [1.54, 1.807) is 0 Å². The zero-order valence-electron chi connectivity index (χ0n) is 13.5. The first kappa shape index (κ1) is 17.2. The quantitative estimate of drug-likeness (QED) is 0.871. The van der Waals surface area contributed by atoms with Crippen LogP contribution in [-0.2, 0) is 0 Å². The molecule has 25 heavy (non-hydrogen) atoms. The maximum Gasteiger partial charge on any atom is 0.248 e. The van der Waals surface area contributed by atoms with E-state index in [0.29, 0.717) is 0 Å². The van der Waals surface area contributed by atoms with Gasteiger partial charge in [-0.2, -0.15) is 15.0 Å². The fourth-order valence-electron chi connectivity index (χ4n) is 2.62. The van der Waals surface area contributed by atoms with Crippen LogP contribution in [0.25, 0.3) is 11.5 Å². The van der Waals surface area contributed by atoms with Gasteiger partial charge in [-0.15, -0.1) is 0 Å². The van der Waals surface area contributed by atoms with Crippen molar-refractivity contribution in [1.82, 2.24) is 19.9 Å². The van der Waals surface area contributed by atoms with Gasteiger partial charge in [-0.3, -0.25) is 0 Å². The Morgan fingerprint density at radius 1 is 1.16 bits per heavy atom. The van der Waals surface area contributed by atoms with Crippen LogP contribution in [0.4, 0.5) is 25.1 Å². The Labute approximate surface area is 141 Å². The predicted octanol–water partition coefficient (Wildman–Crippen LogP) is 2.65. The molecule has 0 unspecified atom stereocenters. The zero-order valence-corrected chi connectivity index (χ0v) is 13.5. The Morgan fingerprint density at radius 3 is 2.56 bits per heavy atom. The van der Waals surface area contributed by atoms with Crippen LogP contribution in [0, 0.1) is 5.82 Å². The molecule has 0 aliphatic heterocycles. The van der Waals surface area contributed by atoms with E-state index < -0.39 is 11.7 Å². The number of anilines is 2. The Bertz CT molecular complexity index is 763. The van der Waals surface area contributed by atoms with Crippen molar-refractivity contribution < 1.29 is 17.9 Å². The van der Waals surface area contributed by atoms with Gasteiger partial charge in [0.15, 0.2) is 11.6 Å². The first-order valence-corrected chi connectivity index (χ1v) is 7.73. The average molecular weight is 354 g/mol. The fraction of sp³-hybridized carbons (Fsp3) is 0.467. The minimum atomic E-state index is -2.63. The van der Waals surface area contributed by atoms with E-state index in [1.165, 1.54) is 19.2 Å².